The molecule has 1 saturated heterocycles. The number of ketones is 1. The Balaban J connectivity index is 2.09. The molecule has 0 aromatic carbocycles. The first-order chi connectivity index (χ1) is 7.70. The van der Waals surface area contributed by atoms with Crippen LogP contribution in [0.25, 0.3) is 0 Å². The van der Waals surface area contributed by atoms with E-state index < -0.39 is 0 Å². The predicted octanol–water partition coefficient (Wildman–Crippen LogP) is 1.56. The number of nitrogens with zero attached hydrogens (tertiary/aromatic N) is 1. The van der Waals surface area contributed by atoms with Crippen LogP contribution in [-0.2, 0) is 4.79 Å². The molecular weight excluding hydrogens is 226 g/mol. The lowest BCUT2D eigenvalue weighted by Crippen LogP contribution is -2.39. The molecule has 2 rings (SSSR count). The molecule has 1 aromatic rings. The minimum Gasteiger partial charge on any atom is -0.496 e. The van der Waals surface area contributed by atoms with Gasteiger partial charge in [0.05, 0.1) is 18.5 Å². The number of Topliss-reactive ketones (excluding diaryl/α,β-unsaturated/α-hetero) is 1. The van der Waals surface area contributed by atoms with Crippen molar-refractivity contribution in [1.82, 2.24) is 4.90 Å². The topological polar surface area (TPSA) is 46.6 Å². The van der Waals surface area contributed by atoms with Crippen LogP contribution in [0.5, 0.6) is 5.75 Å². The van der Waals surface area contributed by atoms with Gasteiger partial charge in [0.2, 0.25) is 0 Å². The average Bonchev–Trinajstić information content (AvgIpc) is 2.76. The first kappa shape index (κ1) is 11.1. The SMILES string of the molecule is COc1csc(C(=O)N2CCCC(=O)C2)c1. The number of piperidine rings is 1. The van der Waals surface area contributed by atoms with Crippen LogP contribution in [0.4, 0.5) is 0 Å². The molecule has 0 bridgehead atoms. The highest BCUT2D eigenvalue weighted by Gasteiger charge is 2.23. The Labute approximate surface area is 97.8 Å². The molecule has 0 atom stereocenters. The second-order valence-electron chi connectivity index (χ2n) is 3.72. The molecule has 1 aromatic heterocycles. The molecule has 1 amide bonds. The molecule has 5 heteroatoms. The summed E-state index contributed by atoms with van der Waals surface area (Å²) in [6, 6.07) is 1.71. The molecular formula is C11H13NO3S. The van der Waals surface area contributed by atoms with Crippen LogP contribution >= 0.6 is 11.3 Å². The Morgan fingerprint density at radius 2 is 2.38 bits per heavy atom. The van der Waals surface area contributed by atoms with Gasteiger partial charge in [-0.3, -0.25) is 9.59 Å². The maximum absolute atomic E-state index is 12.0. The van der Waals surface area contributed by atoms with E-state index >= 15 is 0 Å². The van der Waals surface area contributed by atoms with Crippen molar-refractivity contribution >= 4 is 23.0 Å². The van der Waals surface area contributed by atoms with Crippen LogP contribution in [0, 0.1) is 0 Å². The number of amides is 1. The number of ether oxygens (including phenoxy) is 1. The van der Waals surface area contributed by atoms with Crippen molar-refractivity contribution in [2.24, 2.45) is 0 Å². The van der Waals surface area contributed by atoms with Crippen molar-refractivity contribution in [2.45, 2.75) is 12.8 Å². The van der Waals surface area contributed by atoms with E-state index in [-0.39, 0.29) is 18.2 Å². The lowest BCUT2D eigenvalue weighted by atomic mass is 10.1. The summed E-state index contributed by atoms with van der Waals surface area (Å²) < 4.78 is 5.03. The number of hydrogen-bond donors (Lipinski definition) is 0. The first-order valence-electron chi connectivity index (χ1n) is 5.14. The summed E-state index contributed by atoms with van der Waals surface area (Å²) in [7, 11) is 1.57. The van der Waals surface area contributed by atoms with E-state index in [9.17, 15) is 9.59 Å². The second-order valence-corrected chi connectivity index (χ2v) is 4.63. The fourth-order valence-electron chi connectivity index (χ4n) is 1.71. The molecule has 0 saturated carbocycles. The summed E-state index contributed by atoms with van der Waals surface area (Å²) in [4.78, 5) is 25.5. The normalized spacial score (nSPS) is 16.3. The minimum atomic E-state index is -0.0682. The quantitative estimate of drug-likeness (QED) is 0.787. The number of rotatable bonds is 2. The van der Waals surface area contributed by atoms with Gasteiger partial charge in [0, 0.05) is 24.4 Å². The van der Waals surface area contributed by atoms with Crippen LogP contribution in [0.1, 0.15) is 22.5 Å². The molecule has 0 unspecified atom stereocenters. The van der Waals surface area contributed by atoms with Crippen molar-refractivity contribution in [1.29, 1.82) is 0 Å². The molecule has 86 valence electrons. The van der Waals surface area contributed by atoms with Gasteiger partial charge in [-0.15, -0.1) is 11.3 Å². The number of carbonyl (C=O) groups is 2. The summed E-state index contributed by atoms with van der Waals surface area (Å²) >= 11 is 1.35. The summed E-state index contributed by atoms with van der Waals surface area (Å²) in [5.41, 5.74) is 0. The maximum atomic E-state index is 12.0. The maximum Gasteiger partial charge on any atom is 0.264 e. The van der Waals surface area contributed by atoms with E-state index in [2.05, 4.69) is 0 Å². The molecule has 1 fully saturated rings. The smallest absolute Gasteiger partial charge is 0.264 e. The Hall–Kier alpha value is -1.36. The van der Waals surface area contributed by atoms with Gasteiger partial charge in [-0.05, 0) is 6.42 Å². The zero-order chi connectivity index (χ0) is 11.5. The van der Waals surface area contributed by atoms with E-state index in [1.165, 1.54) is 11.3 Å². The van der Waals surface area contributed by atoms with Crippen LogP contribution in [0.3, 0.4) is 0 Å². The molecule has 16 heavy (non-hydrogen) atoms. The van der Waals surface area contributed by atoms with Gasteiger partial charge in [-0.25, -0.2) is 0 Å². The third-order valence-corrected chi connectivity index (χ3v) is 3.46. The first-order valence-corrected chi connectivity index (χ1v) is 6.02. The largest absolute Gasteiger partial charge is 0.496 e. The van der Waals surface area contributed by atoms with E-state index in [0.717, 1.165) is 6.42 Å². The Morgan fingerprint density at radius 3 is 3.00 bits per heavy atom. The monoisotopic (exact) mass is 239 g/mol. The molecule has 2 heterocycles. The van der Waals surface area contributed by atoms with Crippen molar-refractivity contribution < 1.29 is 14.3 Å². The van der Waals surface area contributed by atoms with Crippen LogP contribution in [0.2, 0.25) is 0 Å². The Kier molecular flexibility index (Phi) is 3.24. The average molecular weight is 239 g/mol. The minimum absolute atomic E-state index is 0.0682. The van der Waals surface area contributed by atoms with Crippen molar-refractivity contribution in [3.8, 4) is 5.75 Å². The van der Waals surface area contributed by atoms with Gasteiger partial charge in [0.25, 0.3) is 5.91 Å². The van der Waals surface area contributed by atoms with Gasteiger partial charge >= 0.3 is 0 Å². The highest BCUT2D eigenvalue weighted by molar-refractivity contribution is 7.12. The third kappa shape index (κ3) is 2.24. The molecule has 1 aliphatic rings. The summed E-state index contributed by atoms with van der Waals surface area (Å²) in [6.45, 7) is 0.920. The predicted molar refractivity (Wildman–Crippen MR) is 61.0 cm³/mol. The third-order valence-electron chi connectivity index (χ3n) is 2.56. The molecule has 0 radical (unpaired) electrons. The fourth-order valence-corrected chi connectivity index (χ4v) is 2.53. The molecule has 1 aliphatic heterocycles. The van der Waals surface area contributed by atoms with E-state index in [1.807, 2.05) is 0 Å². The van der Waals surface area contributed by atoms with Crippen molar-refractivity contribution in [2.75, 3.05) is 20.2 Å². The fraction of sp³-hybridized carbons (Fsp3) is 0.455. The Bertz CT molecular complexity index is 413. The zero-order valence-corrected chi connectivity index (χ0v) is 9.88. The molecule has 0 spiro atoms. The van der Waals surface area contributed by atoms with Crippen LogP contribution in [-0.4, -0.2) is 36.8 Å². The zero-order valence-electron chi connectivity index (χ0n) is 9.06. The summed E-state index contributed by atoms with van der Waals surface area (Å²) in [6.07, 6.45) is 1.37. The van der Waals surface area contributed by atoms with Crippen molar-refractivity contribution in [3.63, 3.8) is 0 Å². The number of hydrogen-bond acceptors (Lipinski definition) is 4. The van der Waals surface area contributed by atoms with Crippen molar-refractivity contribution in [3.05, 3.63) is 16.3 Å². The van der Waals surface area contributed by atoms with Gasteiger partial charge in [-0.1, -0.05) is 0 Å². The molecule has 0 N–H and O–H groups in total. The number of likely N-dealkylation sites (tertiary alicyclic amines) is 1. The lowest BCUT2D eigenvalue weighted by molar-refractivity contribution is -0.121. The van der Waals surface area contributed by atoms with E-state index in [1.54, 1.807) is 23.5 Å². The number of methoxy groups -OCH3 is 1. The van der Waals surface area contributed by atoms with Gasteiger partial charge < -0.3 is 9.64 Å². The van der Waals surface area contributed by atoms with Gasteiger partial charge in [0.15, 0.2) is 5.78 Å². The summed E-state index contributed by atoms with van der Waals surface area (Å²) in [5, 5.41) is 1.79. The van der Waals surface area contributed by atoms with Crippen LogP contribution < -0.4 is 4.74 Å². The van der Waals surface area contributed by atoms with Crippen LogP contribution in [0.15, 0.2) is 11.4 Å². The van der Waals surface area contributed by atoms with E-state index in [4.69, 9.17) is 4.74 Å². The Morgan fingerprint density at radius 1 is 1.56 bits per heavy atom. The summed E-state index contributed by atoms with van der Waals surface area (Å²) in [5.74, 6) is 0.765. The standard InChI is InChI=1S/C11H13NO3S/c1-15-9-5-10(16-7-9)11(14)12-4-2-3-8(13)6-12/h5,7H,2-4,6H2,1H3. The highest BCUT2D eigenvalue weighted by Crippen LogP contribution is 2.23. The van der Waals surface area contributed by atoms with Gasteiger partial charge in [0.1, 0.15) is 5.75 Å². The lowest BCUT2D eigenvalue weighted by Gasteiger charge is -2.25. The number of thiophene rings is 1. The molecule has 0 aliphatic carbocycles. The number of carbonyl (C=O) groups excluding carboxylic acids is 2. The van der Waals surface area contributed by atoms with Gasteiger partial charge in [-0.2, -0.15) is 0 Å². The highest BCUT2D eigenvalue weighted by atomic mass is 32.1. The second kappa shape index (κ2) is 4.65. The van der Waals surface area contributed by atoms with E-state index in [0.29, 0.717) is 23.6 Å². The molecule has 4 nitrogen and oxygen atoms in total.